The van der Waals surface area contributed by atoms with Crippen molar-refractivity contribution in [2.75, 3.05) is 6.26 Å². The average molecular weight is 380 g/mol. The van der Waals surface area contributed by atoms with Crippen LogP contribution in [-0.2, 0) is 15.3 Å². The maximum absolute atomic E-state index is 11.9. The second-order valence-electron chi connectivity index (χ2n) is 7.54. The van der Waals surface area contributed by atoms with E-state index >= 15 is 0 Å². The largest absolute Gasteiger partial charge is 0.259 e. The number of aryl methyl sites for hydroxylation is 1. The summed E-state index contributed by atoms with van der Waals surface area (Å²) in [4.78, 5) is 12.9. The van der Waals surface area contributed by atoms with E-state index in [9.17, 15) is 13.7 Å². The standard InChI is InChI=1S/C18H16N6O2S/c1-11-22-15(6-16(23-11)27(2,25)26)24-13-5-14(20-7-12(13)8-21-24)18(10-19)9-17(18)3-4-17/h5-8H,3-4,9H2,1-2H3/t18-/m0/s1. The van der Waals surface area contributed by atoms with Crippen LogP contribution in [0.25, 0.3) is 16.7 Å². The summed E-state index contributed by atoms with van der Waals surface area (Å²) in [7, 11) is -3.47. The molecule has 0 N–H and O–H groups in total. The SMILES string of the molecule is Cc1nc(-n2ncc3cnc([C@@]4(C#N)CC45CC5)cc32)cc(S(C)(=O)=O)n1. The number of hydrogen-bond acceptors (Lipinski definition) is 7. The number of rotatable bonds is 3. The first-order valence-corrected chi connectivity index (χ1v) is 10.5. The summed E-state index contributed by atoms with van der Waals surface area (Å²) in [5.74, 6) is 0.719. The van der Waals surface area contributed by atoms with Crippen molar-refractivity contribution in [3.8, 4) is 11.9 Å². The van der Waals surface area contributed by atoms with Crippen molar-refractivity contribution >= 4 is 20.7 Å². The summed E-state index contributed by atoms with van der Waals surface area (Å²) in [5.41, 5.74) is 1.11. The summed E-state index contributed by atoms with van der Waals surface area (Å²) < 4.78 is 25.4. The Labute approximate surface area is 155 Å². The van der Waals surface area contributed by atoms with Gasteiger partial charge in [-0.3, -0.25) is 4.98 Å². The van der Waals surface area contributed by atoms with Gasteiger partial charge in [-0.05, 0) is 37.7 Å². The molecule has 0 aromatic carbocycles. The molecule has 27 heavy (non-hydrogen) atoms. The zero-order valence-corrected chi connectivity index (χ0v) is 15.7. The molecule has 3 heterocycles. The average Bonchev–Trinajstić information content (AvgIpc) is 3.49. The molecule has 9 heteroatoms. The molecule has 1 spiro atoms. The molecule has 0 bridgehead atoms. The quantitative estimate of drug-likeness (QED) is 0.637. The van der Waals surface area contributed by atoms with Crippen LogP contribution < -0.4 is 0 Å². The maximum atomic E-state index is 11.9. The minimum atomic E-state index is -3.47. The van der Waals surface area contributed by atoms with Gasteiger partial charge in [-0.2, -0.15) is 10.4 Å². The van der Waals surface area contributed by atoms with E-state index in [1.165, 1.54) is 6.07 Å². The van der Waals surface area contributed by atoms with Gasteiger partial charge in [-0.25, -0.2) is 23.1 Å². The van der Waals surface area contributed by atoms with Crippen molar-refractivity contribution in [1.29, 1.82) is 5.26 Å². The van der Waals surface area contributed by atoms with Crippen molar-refractivity contribution in [1.82, 2.24) is 24.7 Å². The van der Waals surface area contributed by atoms with Gasteiger partial charge in [0.25, 0.3) is 0 Å². The van der Waals surface area contributed by atoms with Gasteiger partial charge in [0.05, 0.1) is 23.5 Å². The van der Waals surface area contributed by atoms with E-state index in [0.717, 1.165) is 42.1 Å². The highest BCUT2D eigenvalue weighted by molar-refractivity contribution is 7.90. The molecule has 2 aliphatic carbocycles. The van der Waals surface area contributed by atoms with E-state index in [-0.39, 0.29) is 10.4 Å². The molecule has 0 aliphatic heterocycles. The first-order chi connectivity index (χ1) is 12.8. The zero-order chi connectivity index (χ0) is 19.0. The lowest BCUT2D eigenvalue weighted by atomic mass is 9.98. The molecule has 0 unspecified atom stereocenters. The molecule has 0 radical (unpaired) electrons. The van der Waals surface area contributed by atoms with Gasteiger partial charge >= 0.3 is 0 Å². The van der Waals surface area contributed by atoms with E-state index in [1.807, 2.05) is 6.07 Å². The van der Waals surface area contributed by atoms with Gasteiger partial charge in [0.2, 0.25) is 0 Å². The van der Waals surface area contributed by atoms with Crippen molar-refractivity contribution in [3.63, 3.8) is 0 Å². The fourth-order valence-corrected chi connectivity index (χ4v) is 4.57. The summed E-state index contributed by atoms with van der Waals surface area (Å²) in [6, 6.07) is 5.77. The summed E-state index contributed by atoms with van der Waals surface area (Å²) >= 11 is 0. The van der Waals surface area contributed by atoms with Crippen molar-refractivity contribution in [2.24, 2.45) is 5.41 Å². The number of pyridine rings is 1. The number of sulfone groups is 1. The maximum Gasteiger partial charge on any atom is 0.192 e. The third-order valence-corrected chi connectivity index (χ3v) is 6.68. The molecule has 136 valence electrons. The topological polar surface area (TPSA) is 114 Å². The summed E-state index contributed by atoms with van der Waals surface area (Å²) in [6.45, 7) is 1.64. The summed E-state index contributed by atoms with van der Waals surface area (Å²) in [5, 5.41) is 14.9. The Morgan fingerprint density at radius 2 is 2.00 bits per heavy atom. The van der Waals surface area contributed by atoms with Gasteiger partial charge < -0.3 is 0 Å². The predicted molar refractivity (Wildman–Crippen MR) is 95.9 cm³/mol. The number of hydrogen-bond donors (Lipinski definition) is 0. The van der Waals surface area contributed by atoms with Gasteiger partial charge in [0, 0.05) is 23.9 Å². The number of fused-ring (bicyclic) bond motifs is 1. The first-order valence-electron chi connectivity index (χ1n) is 8.60. The molecule has 3 aromatic rings. The minimum Gasteiger partial charge on any atom is -0.259 e. The smallest absolute Gasteiger partial charge is 0.192 e. The molecule has 1 atom stereocenters. The Balaban J connectivity index is 1.69. The van der Waals surface area contributed by atoms with Crippen LogP contribution in [0.3, 0.4) is 0 Å². The fourth-order valence-electron chi connectivity index (χ4n) is 3.96. The lowest BCUT2D eigenvalue weighted by molar-refractivity contribution is 0.596. The number of nitriles is 1. The molecule has 8 nitrogen and oxygen atoms in total. The van der Waals surface area contributed by atoms with Crippen LogP contribution in [0.5, 0.6) is 0 Å². The van der Waals surface area contributed by atoms with Crippen molar-refractivity contribution < 1.29 is 8.42 Å². The molecule has 2 saturated carbocycles. The monoisotopic (exact) mass is 380 g/mol. The molecular weight excluding hydrogens is 364 g/mol. The van der Waals surface area contributed by atoms with Crippen LogP contribution in [0.1, 0.15) is 30.8 Å². The van der Waals surface area contributed by atoms with Crippen LogP contribution >= 0.6 is 0 Å². The number of nitrogens with zero attached hydrogens (tertiary/aromatic N) is 6. The zero-order valence-electron chi connectivity index (χ0n) is 14.8. The Hall–Kier alpha value is -2.86. The molecule has 0 saturated heterocycles. The van der Waals surface area contributed by atoms with E-state index in [4.69, 9.17) is 0 Å². The molecule has 2 fully saturated rings. The second-order valence-corrected chi connectivity index (χ2v) is 9.51. The molecular formula is C18H16N6O2S. The molecule has 2 aliphatic rings. The Morgan fingerprint density at radius 3 is 2.63 bits per heavy atom. The van der Waals surface area contributed by atoms with Crippen molar-refractivity contribution in [2.45, 2.75) is 36.6 Å². The summed E-state index contributed by atoms with van der Waals surface area (Å²) in [6.07, 6.45) is 7.48. The highest BCUT2D eigenvalue weighted by Gasteiger charge is 2.76. The van der Waals surface area contributed by atoms with Crippen LogP contribution in [-0.4, -0.2) is 39.4 Å². The van der Waals surface area contributed by atoms with E-state index in [0.29, 0.717) is 11.6 Å². The lowest BCUT2D eigenvalue weighted by Gasteiger charge is -2.09. The van der Waals surface area contributed by atoms with E-state index < -0.39 is 15.3 Å². The van der Waals surface area contributed by atoms with Gasteiger partial charge in [-0.15, -0.1) is 0 Å². The van der Waals surface area contributed by atoms with Crippen LogP contribution in [0.15, 0.2) is 29.6 Å². The highest BCUT2D eigenvalue weighted by Crippen LogP contribution is 2.78. The van der Waals surface area contributed by atoms with E-state index in [2.05, 4.69) is 26.1 Å². The van der Waals surface area contributed by atoms with E-state index in [1.54, 1.807) is 24.0 Å². The third-order valence-electron chi connectivity index (χ3n) is 5.72. The van der Waals surface area contributed by atoms with Crippen LogP contribution in [0, 0.1) is 23.7 Å². The Morgan fingerprint density at radius 1 is 1.22 bits per heavy atom. The first kappa shape index (κ1) is 16.3. The fraction of sp³-hybridized carbons (Fsp3) is 0.389. The minimum absolute atomic E-state index is 0.0458. The Kier molecular flexibility index (Phi) is 2.96. The van der Waals surface area contributed by atoms with Gasteiger partial charge in [0.1, 0.15) is 11.2 Å². The molecule has 3 aromatic heterocycles. The Bertz CT molecular complexity index is 1270. The van der Waals surface area contributed by atoms with Crippen LogP contribution in [0.2, 0.25) is 0 Å². The third kappa shape index (κ3) is 2.23. The van der Waals surface area contributed by atoms with Gasteiger partial charge in [0.15, 0.2) is 20.7 Å². The predicted octanol–water partition coefficient (Wildman–Crippen LogP) is 1.87. The second kappa shape index (κ2) is 4.89. The number of aromatic nitrogens is 5. The molecule has 5 rings (SSSR count). The normalized spacial score (nSPS) is 22.7. The van der Waals surface area contributed by atoms with Gasteiger partial charge in [-0.1, -0.05) is 0 Å². The highest BCUT2D eigenvalue weighted by atomic mass is 32.2. The lowest BCUT2D eigenvalue weighted by Crippen LogP contribution is -2.11. The van der Waals surface area contributed by atoms with Crippen LogP contribution in [0.4, 0.5) is 0 Å². The molecule has 0 amide bonds. The van der Waals surface area contributed by atoms with Crippen molar-refractivity contribution in [3.05, 3.63) is 36.0 Å².